The molecule has 3 nitrogen and oxygen atoms in total. The molecule has 1 saturated heterocycles. The maximum atomic E-state index is 11.9. The molecule has 0 bridgehead atoms. The normalized spacial score (nSPS) is 21.2. The molecule has 18 heavy (non-hydrogen) atoms. The van der Waals surface area contributed by atoms with Crippen molar-refractivity contribution in [3.63, 3.8) is 0 Å². The third-order valence-electron chi connectivity index (χ3n) is 3.11. The van der Waals surface area contributed by atoms with Crippen LogP contribution in [0, 0.1) is 0 Å². The Morgan fingerprint density at radius 3 is 2.44 bits per heavy atom. The summed E-state index contributed by atoms with van der Waals surface area (Å²) in [5.74, 6) is 0.0656. The van der Waals surface area contributed by atoms with Gasteiger partial charge in [-0.25, -0.2) is 0 Å². The minimum atomic E-state index is -0.158. The van der Waals surface area contributed by atoms with Gasteiger partial charge in [0.25, 0.3) is 0 Å². The first kappa shape index (κ1) is 13.6. The fourth-order valence-electron chi connectivity index (χ4n) is 2.10. The number of carbonyl (C=O) groups is 1. The fourth-order valence-corrected chi connectivity index (χ4v) is 2.36. The Morgan fingerprint density at radius 1 is 1.28 bits per heavy atom. The summed E-state index contributed by atoms with van der Waals surface area (Å²) in [7, 11) is 0. The lowest BCUT2D eigenvalue weighted by atomic mass is 10.0. The highest BCUT2D eigenvalue weighted by Crippen LogP contribution is 2.28. The summed E-state index contributed by atoms with van der Waals surface area (Å²) < 4.78 is 6.68. The Hall–Kier alpha value is -0.870. The third kappa shape index (κ3) is 2.93. The molecule has 4 heteroatoms. The van der Waals surface area contributed by atoms with Crippen molar-refractivity contribution in [2.24, 2.45) is 0 Å². The van der Waals surface area contributed by atoms with Crippen molar-refractivity contribution < 1.29 is 9.53 Å². The quantitative estimate of drug-likeness (QED) is 0.797. The molecule has 0 spiro atoms. The summed E-state index contributed by atoms with van der Waals surface area (Å²) >= 11 is 3.42. The van der Waals surface area contributed by atoms with E-state index in [0.717, 1.165) is 10.0 Å². The van der Waals surface area contributed by atoms with E-state index in [1.54, 1.807) is 0 Å². The molecular formula is C14H18BrNO2. The van der Waals surface area contributed by atoms with Crippen molar-refractivity contribution >= 4 is 21.8 Å². The Morgan fingerprint density at radius 2 is 1.89 bits per heavy atom. The Balaban J connectivity index is 2.17. The van der Waals surface area contributed by atoms with Crippen LogP contribution in [0.5, 0.6) is 0 Å². The van der Waals surface area contributed by atoms with Crippen molar-refractivity contribution in [2.45, 2.75) is 32.4 Å². The molecule has 1 unspecified atom stereocenters. The maximum absolute atomic E-state index is 11.9. The molecule has 0 saturated carbocycles. The van der Waals surface area contributed by atoms with E-state index < -0.39 is 0 Å². The zero-order valence-corrected chi connectivity index (χ0v) is 12.5. The van der Waals surface area contributed by atoms with Crippen LogP contribution in [0.15, 0.2) is 28.7 Å². The number of halogens is 1. The number of benzene rings is 1. The first-order valence-corrected chi connectivity index (χ1v) is 6.85. The third-order valence-corrected chi connectivity index (χ3v) is 3.64. The molecule has 2 rings (SSSR count). The second-order valence-corrected chi connectivity index (χ2v) is 6.44. The van der Waals surface area contributed by atoms with Gasteiger partial charge in [-0.3, -0.25) is 4.79 Å². The lowest BCUT2D eigenvalue weighted by molar-refractivity contribution is -0.156. The number of carbonyl (C=O) groups excluding carboxylic acids is 1. The van der Waals surface area contributed by atoms with E-state index >= 15 is 0 Å². The topological polar surface area (TPSA) is 29.5 Å². The maximum Gasteiger partial charge on any atom is 0.249 e. The van der Waals surface area contributed by atoms with Gasteiger partial charge in [-0.2, -0.15) is 0 Å². The van der Waals surface area contributed by atoms with Gasteiger partial charge < -0.3 is 9.64 Å². The van der Waals surface area contributed by atoms with E-state index in [0.29, 0.717) is 6.54 Å². The van der Waals surface area contributed by atoms with Crippen molar-refractivity contribution in [3.05, 3.63) is 34.3 Å². The summed E-state index contributed by atoms with van der Waals surface area (Å²) in [4.78, 5) is 13.8. The highest BCUT2D eigenvalue weighted by Gasteiger charge is 2.33. The lowest BCUT2D eigenvalue weighted by Crippen LogP contribution is -2.52. The Labute approximate surface area is 116 Å². The number of nitrogens with zero attached hydrogens (tertiary/aromatic N) is 1. The number of hydrogen-bond donors (Lipinski definition) is 0. The number of amides is 1. The van der Waals surface area contributed by atoms with Crippen molar-refractivity contribution in [1.29, 1.82) is 0 Å². The van der Waals surface area contributed by atoms with Crippen LogP contribution in [0.3, 0.4) is 0 Å². The number of morpholine rings is 1. The van der Waals surface area contributed by atoms with Crippen molar-refractivity contribution in [2.75, 3.05) is 13.2 Å². The van der Waals surface area contributed by atoms with Crippen LogP contribution in [-0.2, 0) is 9.53 Å². The Kier molecular flexibility index (Phi) is 3.78. The second kappa shape index (κ2) is 5.02. The van der Waals surface area contributed by atoms with Crippen LogP contribution in [0.4, 0.5) is 0 Å². The van der Waals surface area contributed by atoms with Gasteiger partial charge in [0.1, 0.15) is 12.7 Å². The molecule has 1 amide bonds. The number of rotatable bonds is 1. The SMILES string of the molecule is CC(C)(C)N1CC(c2ccc(Br)cc2)OCC1=O. The molecule has 1 aromatic carbocycles. The van der Waals surface area contributed by atoms with Gasteiger partial charge in [0.05, 0.1) is 6.54 Å². The zero-order chi connectivity index (χ0) is 13.3. The average molecular weight is 312 g/mol. The summed E-state index contributed by atoms with van der Waals surface area (Å²) in [6, 6.07) is 8.06. The first-order valence-electron chi connectivity index (χ1n) is 6.05. The monoisotopic (exact) mass is 311 g/mol. The molecule has 1 heterocycles. The van der Waals surface area contributed by atoms with E-state index in [9.17, 15) is 4.79 Å². The minimum absolute atomic E-state index is 0.0324. The molecule has 1 aliphatic rings. The summed E-state index contributed by atoms with van der Waals surface area (Å²) in [5.41, 5.74) is 0.953. The van der Waals surface area contributed by atoms with Crippen LogP contribution in [0.2, 0.25) is 0 Å². The van der Waals surface area contributed by atoms with E-state index in [4.69, 9.17) is 4.74 Å². The van der Waals surface area contributed by atoms with Gasteiger partial charge in [0.15, 0.2) is 0 Å². The van der Waals surface area contributed by atoms with Gasteiger partial charge in [0.2, 0.25) is 5.91 Å². The molecular weight excluding hydrogens is 294 g/mol. The first-order chi connectivity index (χ1) is 8.38. The molecule has 1 fully saturated rings. The standard InChI is InChI=1S/C14H18BrNO2/c1-14(2,3)16-8-12(18-9-13(16)17)10-4-6-11(15)7-5-10/h4-7,12H,8-9H2,1-3H3. The molecule has 0 aliphatic carbocycles. The summed E-state index contributed by atoms with van der Waals surface area (Å²) in [5, 5.41) is 0. The van der Waals surface area contributed by atoms with Crippen LogP contribution in [0.1, 0.15) is 32.4 Å². The predicted molar refractivity (Wildman–Crippen MR) is 74.3 cm³/mol. The zero-order valence-electron chi connectivity index (χ0n) is 10.9. The second-order valence-electron chi connectivity index (χ2n) is 5.53. The van der Waals surface area contributed by atoms with Crippen LogP contribution in [-0.4, -0.2) is 29.5 Å². The van der Waals surface area contributed by atoms with E-state index in [-0.39, 0.29) is 24.2 Å². The van der Waals surface area contributed by atoms with Gasteiger partial charge in [0, 0.05) is 10.0 Å². The smallest absolute Gasteiger partial charge is 0.249 e. The van der Waals surface area contributed by atoms with Crippen molar-refractivity contribution in [3.8, 4) is 0 Å². The molecule has 1 aliphatic heterocycles. The van der Waals surface area contributed by atoms with Gasteiger partial charge in [-0.1, -0.05) is 28.1 Å². The molecule has 1 aromatic rings. The molecule has 0 N–H and O–H groups in total. The Bertz CT molecular complexity index is 436. The van der Waals surface area contributed by atoms with Gasteiger partial charge in [-0.15, -0.1) is 0 Å². The summed E-state index contributed by atoms with van der Waals surface area (Å²) in [6.45, 7) is 6.93. The largest absolute Gasteiger partial charge is 0.362 e. The van der Waals surface area contributed by atoms with Crippen molar-refractivity contribution in [1.82, 2.24) is 4.90 Å². The summed E-state index contributed by atoms with van der Waals surface area (Å²) in [6.07, 6.45) is -0.0324. The molecule has 1 atom stereocenters. The average Bonchev–Trinajstić information content (AvgIpc) is 2.29. The molecule has 0 radical (unpaired) electrons. The molecule has 0 aromatic heterocycles. The van der Waals surface area contributed by atoms with Gasteiger partial charge in [-0.05, 0) is 38.5 Å². The van der Waals surface area contributed by atoms with Gasteiger partial charge >= 0.3 is 0 Å². The van der Waals surface area contributed by atoms with E-state index in [1.807, 2.05) is 29.2 Å². The van der Waals surface area contributed by atoms with Crippen LogP contribution in [0.25, 0.3) is 0 Å². The predicted octanol–water partition coefficient (Wildman–Crippen LogP) is 3.15. The van der Waals surface area contributed by atoms with Crippen LogP contribution < -0.4 is 0 Å². The highest BCUT2D eigenvalue weighted by atomic mass is 79.9. The molecule has 98 valence electrons. The van der Waals surface area contributed by atoms with E-state index in [1.165, 1.54) is 0 Å². The lowest BCUT2D eigenvalue weighted by Gasteiger charge is -2.41. The van der Waals surface area contributed by atoms with E-state index in [2.05, 4.69) is 36.7 Å². The fraction of sp³-hybridized carbons (Fsp3) is 0.500. The number of ether oxygens (including phenoxy) is 1. The van der Waals surface area contributed by atoms with Crippen LogP contribution >= 0.6 is 15.9 Å². The number of hydrogen-bond acceptors (Lipinski definition) is 2. The minimum Gasteiger partial charge on any atom is -0.362 e. The highest BCUT2D eigenvalue weighted by molar-refractivity contribution is 9.10.